The first kappa shape index (κ1) is 24.6. The Bertz CT molecular complexity index is 1030. The van der Waals surface area contributed by atoms with Gasteiger partial charge in [-0.25, -0.2) is 5.48 Å². The molecular formula is C24H26N4O4. The van der Waals surface area contributed by atoms with Crippen LogP contribution in [0.1, 0.15) is 34.0 Å². The van der Waals surface area contributed by atoms with E-state index in [1.165, 1.54) is 12.4 Å². The lowest BCUT2D eigenvalue weighted by Crippen LogP contribution is -2.51. The normalized spacial score (nSPS) is 11.8. The van der Waals surface area contributed by atoms with Gasteiger partial charge >= 0.3 is 0 Å². The first-order chi connectivity index (χ1) is 15.4. The summed E-state index contributed by atoms with van der Waals surface area (Å²) in [6.07, 6.45) is -1.18. The molecule has 0 aliphatic heterocycles. The van der Waals surface area contributed by atoms with Crippen LogP contribution in [0, 0.1) is 23.7 Å². The van der Waals surface area contributed by atoms with Crippen LogP contribution >= 0.6 is 0 Å². The van der Waals surface area contributed by atoms with Gasteiger partial charge in [-0.3, -0.25) is 14.8 Å². The summed E-state index contributed by atoms with van der Waals surface area (Å²) in [5, 5.41) is 23.9. The Morgan fingerprint density at radius 3 is 2.06 bits per heavy atom. The number of hydrogen-bond donors (Lipinski definition) is 6. The van der Waals surface area contributed by atoms with E-state index in [9.17, 15) is 14.7 Å². The van der Waals surface area contributed by atoms with Crippen molar-refractivity contribution >= 4 is 11.8 Å². The summed E-state index contributed by atoms with van der Waals surface area (Å²) in [6, 6.07) is 13.0. The van der Waals surface area contributed by atoms with Crippen molar-refractivity contribution < 1.29 is 19.9 Å². The fraction of sp³-hybridized carbons (Fsp3) is 0.250. The number of carbonyl (C=O) groups excluding carboxylic acids is 2. The number of nitrogens with one attached hydrogen (secondary N) is 3. The maximum absolute atomic E-state index is 12.3. The van der Waals surface area contributed by atoms with E-state index in [1.807, 2.05) is 24.3 Å². The zero-order chi connectivity index (χ0) is 23.3. The van der Waals surface area contributed by atoms with E-state index in [4.69, 9.17) is 10.9 Å². The van der Waals surface area contributed by atoms with E-state index in [1.54, 1.807) is 24.3 Å². The second kappa shape index (κ2) is 12.9. The van der Waals surface area contributed by atoms with Crippen LogP contribution in [-0.2, 0) is 11.3 Å². The maximum atomic E-state index is 12.3. The lowest BCUT2D eigenvalue weighted by atomic mass is 10.1. The van der Waals surface area contributed by atoms with Gasteiger partial charge in [0.15, 0.2) is 0 Å². The number of hydroxylamine groups is 1. The molecule has 2 aromatic rings. The van der Waals surface area contributed by atoms with E-state index in [-0.39, 0.29) is 5.56 Å². The van der Waals surface area contributed by atoms with Crippen molar-refractivity contribution in [1.29, 1.82) is 0 Å². The summed E-state index contributed by atoms with van der Waals surface area (Å²) in [5.41, 5.74) is 9.81. The molecule has 0 aliphatic rings. The Kier molecular flexibility index (Phi) is 9.92. The summed E-state index contributed by atoms with van der Waals surface area (Å²) in [7, 11) is 0. The van der Waals surface area contributed by atoms with Gasteiger partial charge in [0.1, 0.15) is 6.04 Å². The highest BCUT2D eigenvalue weighted by molar-refractivity contribution is 5.97. The zero-order valence-electron chi connectivity index (χ0n) is 17.7. The van der Waals surface area contributed by atoms with E-state index in [0.717, 1.165) is 24.2 Å². The van der Waals surface area contributed by atoms with Gasteiger partial charge in [-0.1, -0.05) is 24.0 Å². The molecule has 2 amide bonds. The molecule has 8 heteroatoms. The van der Waals surface area contributed by atoms with Crippen molar-refractivity contribution in [3.63, 3.8) is 0 Å². The molecular weight excluding hydrogens is 408 g/mol. The number of nitrogens with two attached hydrogens (primary N) is 1. The molecule has 0 aliphatic carbocycles. The molecule has 2 rings (SSSR count). The van der Waals surface area contributed by atoms with Crippen LogP contribution in [0.2, 0.25) is 0 Å². The standard InChI is InChI=1S/C24H26N4O4/c1-17(29)22(24(31)28-32)27-23(30)21-12-10-19(11-13-21)5-3-2-4-18-6-8-20(9-7-18)16-26-15-14-25/h6-13,17,22,26,29,32H,14-16,25H2,1H3,(H,27,30)(H,28,31)/t17-,22+/m1/s1. The fourth-order valence-electron chi connectivity index (χ4n) is 2.65. The maximum Gasteiger partial charge on any atom is 0.268 e. The molecule has 0 spiro atoms. The lowest BCUT2D eigenvalue weighted by Gasteiger charge is -2.19. The molecule has 7 N–H and O–H groups in total. The molecule has 0 saturated carbocycles. The average molecular weight is 434 g/mol. The van der Waals surface area contributed by atoms with Gasteiger partial charge < -0.3 is 21.5 Å². The summed E-state index contributed by atoms with van der Waals surface area (Å²) in [4.78, 5) is 23.8. The van der Waals surface area contributed by atoms with E-state index in [0.29, 0.717) is 12.1 Å². The van der Waals surface area contributed by atoms with E-state index < -0.39 is 24.0 Å². The highest BCUT2D eigenvalue weighted by Crippen LogP contribution is 2.05. The summed E-state index contributed by atoms with van der Waals surface area (Å²) in [6.45, 7) is 3.46. The first-order valence-corrected chi connectivity index (χ1v) is 9.99. The van der Waals surface area contributed by atoms with E-state index in [2.05, 4.69) is 34.3 Å². The smallest absolute Gasteiger partial charge is 0.268 e. The van der Waals surface area contributed by atoms with Crippen molar-refractivity contribution in [2.45, 2.75) is 25.6 Å². The second-order valence-electron chi connectivity index (χ2n) is 6.91. The molecule has 32 heavy (non-hydrogen) atoms. The lowest BCUT2D eigenvalue weighted by molar-refractivity contribution is -0.133. The third-order valence-corrected chi connectivity index (χ3v) is 4.39. The molecule has 0 radical (unpaired) electrons. The minimum Gasteiger partial charge on any atom is -0.391 e. The minimum atomic E-state index is -1.28. The van der Waals surface area contributed by atoms with Crippen LogP contribution in [0.5, 0.6) is 0 Å². The molecule has 0 heterocycles. The van der Waals surface area contributed by atoms with Crippen molar-refractivity contribution in [2.75, 3.05) is 13.1 Å². The van der Waals surface area contributed by atoms with Crippen LogP contribution < -0.4 is 21.8 Å². The first-order valence-electron chi connectivity index (χ1n) is 9.99. The van der Waals surface area contributed by atoms with E-state index >= 15 is 0 Å². The SMILES string of the molecule is C[C@@H](O)[C@H](NC(=O)c1ccc(C#CC#Cc2ccc(CNCCN)cc2)cc1)C(=O)NO. The average Bonchev–Trinajstić information content (AvgIpc) is 2.81. The number of carbonyl (C=O) groups is 2. The molecule has 0 unspecified atom stereocenters. The third kappa shape index (κ3) is 7.88. The monoisotopic (exact) mass is 434 g/mol. The number of hydrogen-bond acceptors (Lipinski definition) is 6. The van der Waals surface area contributed by atoms with Crippen molar-refractivity contribution in [3.05, 3.63) is 70.8 Å². The van der Waals surface area contributed by atoms with Gasteiger partial charge in [-0.15, -0.1) is 0 Å². The van der Waals surface area contributed by atoms with Crippen LogP contribution in [0.3, 0.4) is 0 Å². The summed E-state index contributed by atoms with van der Waals surface area (Å²) < 4.78 is 0. The molecule has 0 fully saturated rings. The summed E-state index contributed by atoms with van der Waals surface area (Å²) >= 11 is 0. The minimum absolute atomic E-state index is 0.277. The molecule has 0 aromatic heterocycles. The van der Waals surface area contributed by atoms with Crippen LogP contribution in [0.25, 0.3) is 0 Å². The van der Waals surface area contributed by atoms with Gasteiger partial charge in [0.05, 0.1) is 6.10 Å². The topological polar surface area (TPSA) is 137 Å². The van der Waals surface area contributed by atoms with Gasteiger partial charge in [0.2, 0.25) is 0 Å². The Hall–Kier alpha value is -3.66. The van der Waals surface area contributed by atoms with Crippen molar-refractivity contribution in [1.82, 2.24) is 16.1 Å². The van der Waals surface area contributed by atoms with Gasteiger partial charge in [-0.2, -0.15) is 0 Å². The molecule has 8 nitrogen and oxygen atoms in total. The fourth-order valence-corrected chi connectivity index (χ4v) is 2.65. The van der Waals surface area contributed by atoms with Crippen LogP contribution in [0.4, 0.5) is 0 Å². The third-order valence-electron chi connectivity index (χ3n) is 4.39. The Morgan fingerprint density at radius 1 is 1.00 bits per heavy atom. The van der Waals surface area contributed by atoms with Crippen molar-refractivity contribution in [2.24, 2.45) is 5.73 Å². The zero-order valence-corrected chi connectivity index (χ0v) is 17.7. The Morgan fingerprint density at radius 2 is 1.56 bits per heavy atom. The number of aliphatic hydroxyl groups excluding tert-OH is 1. The number of rotatable bonds is 8. The predicted octanol–water partition coefficient (Wildman–Crippen LogP) is 0.123. The van der Waals surface area contributed by atoms with Gasteiger partial charge in [-0.05, 0) is 60.7 Å². The predicted molar refractivity (Wildman–Crippen MR) is 120 cm³/mol. The van der Waals surface area contributed by atoms with Crippen molar-refractivity contribution in [3.8, 4) is 23.7 Å². The number of aliphatic hydroxyl groups is 1. The largest absolute Gasteiger partial charge is 0.391 e. The van der Waals surface area contributed by atoms with Crippen LogP contribution in [-0.4, -0.2) is 47.4 Å². The molecule has 0 bridgehead atoms. The molecule has 2 atom stereocenters. The molecule has 0 saturated heterocycles. The highest BCUT2D eigenvalue weighted by atomic mass is 16.5. The van der Waals surface area contributed by atoms with Gasteiger partial charge in [0.25, 0.3) is 11.8 Å². The number of benzene rings is 2. The second-order valence-corrected chi connectivity index (χ2v) is 6.91. The molecule has 166 valence electrons. The Balaban J connectivity index is 1.95. The Labute approximate surface area is 187 Å². The number of amides is 2. The van der Waals surface area contributed by atoms with Crippen LogP contribution in [0.15, 0.2) is 48.5 Å². The molecule has 2 aromatic carbocycles. The summed E-state index contributed by atoms with van der Waals surface area (Å²) in [5.74, 6) is 9.97. The highest BCUT2D eigenvalue weighted by Gasteiger charge is 2.25. The van der Waals surface area contributed by atoms with Gasteiger partial charge in [0, 0.05) is 36.3 Å². The quantitative estimate of drug-likeness (QED) is 0.151.